The Morgan fingerprint density at radius 3 is 2.52 bits per heavy atom. The van der Waals surface area contributed by atoms with Crippen LogP contribution in [-0.2, 0) is 16.0 Å². The largest absolute Gasteiger partial charge is 0.341 e. The molecule has 27 heavy (non-hydrogen) atoms. The first-order chi connectivity index (χ1) is 13.0. The lowest BCUT2D eigenvalue weighted by Gasteiger charge is -2.33. The molecule has 2 fully saturated rings. The molecule has 0 radical (unpaired) electrons. The minimum atomic E-state index is -0.310. The molecule has 2 aliphatic heterocycles. The number of hydrogen-bond donors (Lipinski definition) is 0. The van der Waals surface area contributed by atoms with Crippen molar-refractivity contribution < 1.29 is 14.4 Å². The predicted molar refractivity (Wildman–Crippen MR) is 107 cm³/mol. The average molecular weight is 390 g/mol. The van der Waals surface area contributed by atoms with E-state index in [9.17, 15) is 14.4 Å². The van der Waals surface area contributed by atoms with Gasteiger partial charge in [-0.2, -0.15) is 0 Å². The van der Waals surface area contributed by atoms with Crippen molar-refractivity contribution >= 4 is 28.8 Å². The second-order valence-electron chi connectivity index (χ2n) is 7.36. The molecule has 2 saturated heterocycles. The number of benzene rings is 1. The van der Waals surface area contributed by atoms with E-state index < -0.39 is 0 Å². The van der Waals surface area contributed by atoms with Crippen molar-refractivity contribution in [1.82, 2.24) is 14.7 Å². The third kappa shape index (κ3) is 5.56. The summed E-state index contributed by atoms with van der Waals surface area (Å²) in [5.74, 6) is 0.223. The Labute approximate surface area is 164 Å². The molecule has 2 heterocycles. The van der Waals surface area contributed by atoms with Crippen molar-refractivity contribution in [2.24, 2.45) is 5.92 Å². The van der Waals surface area contributed by atoms with Crippen LogP contribution in [-0.4, -0.2) is 77.3 Å². The summed E-state index contributed by atoms with van der Waals surface area (Å²) in [6.07, 6.45) is 2.92. The van der Waals surface area contributed by atoms with Gasteiger partial charge in [-0.3, -0.25) is 19.3 Å². The molecule has 1 aromatic carbocycles. The second-order valence-corrected chi connectivity index (χ2v) is 8.28. The van der Waals surface area contributed by atoms with Gasteiger partial charge < -0.3 is 9.80 Å². The lowest BCUT2D eigenvalue weighted by atomic mass is 9.96. The number of hydrogen-bond acceptors (Lipinski definition) is 5. The van der Waals surface area contributed by atoms with Crippen molar-refractivity contribution in [2.75, 3.05) is 45.5 Å². The van der Waals surface area contributed by atoms with Gasteiger partial charge in [-0.1, -0.05) is 42.1 Å². The van der Waals surface area contributed by atoms with Gasteiger partial charge in [0.25, 0.3) is 5.24 Å². The smallest absolute Gasteiger partial charge is 0.289 e. The molecule has 0 atom stereocenters. The summed E-state index contributed by atoms with van der Waals surface area (Å²) in [6.45, 7) is 3.27. The highest BCUT2D eigenvalue weighted by molar-refractivity contribution is 8.14. The fourth-order valence-electron chi connectivity index (χ4n) is 3.55. The molecule has 6 nitrogen and oxygen atoms in total. The standard InChI is InChI=1S/C20H27N3O3S/c1-21-10-7-17(8-11-21)13-22(12-9-16-5-3-2-4-6-16)18(24)14-23-19(25)15-27-20(23)26/h2-6,17H,7-15H2,1H3. The molecular weight excluding hydrogens is 362 g/mol. The zero-order chi connectivity index (χ0) is 19.2. The van der Waals surface area contributed by atoms with Crippen LogP contribution in [0.1, 0.15) is 18.4 Å². The lowest BCUT2D eigenvalue weighted by Crippen LogP contribution is -2.46. The maximum absolute atomic E-state index is 12.9. The summed E-state index contributed by atoms with van der Waals surface area (Å²) in [7, 11) is 2.12. The van der Waals surface area contributed by atoms with Crippen LogP contribution in [0.15, 0.2) is 30.3 Å². The Morgan fingerprint density at radius 1 is 1.19 bits per heavy atom. The van der Waals surface area contributed by atoms with Crippen molar-refractivity contribution in [3.05, 3.63) is 35.9 Å². The van der Waals surface area contributed by atoms with Crippen LogP contribution in [0.5, 0.6) is 0 Å². The van der Waals surface area contributed by atoms with Crippen molar-refractivity contribution in [3.8, 4) is 0 Å². The van der Waals surface area contributed by atoms with Gasteiger partial charge in [0.15, 0.2) is 0 Å². The molecular formula is C20H27N3O3S. The van der Waals surface area contributed by atoms with E-state index in [0.29, 0.717) is 19.0 Å². The van der Waals surface area contributed by atoms with Crippen molar-refractivity contribution in [3.63, 3.8) is 0 Å². The van der Waals surface area contributed by atoms with Gasteiger partial charge in [0.2, 0.25) is 11.8 Å². The van der Waals surface area contributed by atoms with Crippen LogP contribution < -0.4 is 0 Å². The van der Waals surface area contributed by atoms with Crippen LogP contribution in [0.2, 0.25) is 0 Å². The van der Waals surface area contributed by atoms with E-state index in [1.807, 2.05) is 23.1 Å². The number of thioether (sulfide) groups is 1. The molecule has 146 valence electrons. The molecule has 0 bridgehead atoms. The Morgan fingerprint density at radius 2 is 1.89 bits per heavy atom. The van der Waals surface area contributed by atoms with E-state index in [1.54, 1.807) is 0 Å². The average Bonchev–Trinajstić information content (AvgIpc) is 2.99. The molecule has 0 unspecified atom stereocenters. The maximum Gasteiger partial charge on any atom is 0.289 e. The van der Waals surface area contributed by atoms with Gasteiger partial charge in [-0.05, 0) is 50.9 Å². The van der Waals surface area contributed by atoms with Gasteiger partial charge >= 0.3 is 0 Å². The Balaban J connectivity index is 1.63. The number of rotatable bonds is 7. The molecule has 0 aliphatic carbocycles. The number of likely N-dealkylation sites (tertiary alicyclic amines) is 1. The van der Waals surface area contributed by atoms with Gasteiger partial charge in [0.05, 0.1) is 5.75 Å². The van der Waals surface area contributed by atoms with E-state index in [0.717, 1.165) is 49.0 Å². The lowest BCUT2D eigenvalue weighted by molar-refractivity contribution is -0.137. The highest BCUT2D eigenvalue weighted by atomic mass is 32.2. The van der Waals surface area contributed by atoms with Crippen LogP contribution in [0.25, 0.3) is 0 Å². The maximum atomic E-state index is 12.9. The fourth-order valence-corrected chi connectivity index (χ4v) is 4.28. The first-order valence-electron chi connectivity index (χ1n) is 9.50. The zero-order valence-corrected chi connectivity index (χ0v) is 16.6. The number of imide groups is 1. The monoisotopic (exact) mass is 389 g/mol. The normalized spacial score (nSPS) is 18.9. The number of nitrogens with zero attached hydrogens (tertiary/aromatic N) is 3. The number of piperidine rings is 1. The molecule has 0 aromatic heterocycles. The summed E-state index contributed by atoms with van der Waals surface area (Å²) in [5, 5.41) is -0.310. The van der Waals surface area contributed by atoms with E-state index in [-0.39, 0.29) is 29.4 Å². The summed E-state index contributed by atoms with van der Waals surface area (Å²) >= 11 is 0.974. The molecule has 1 aromatic rings. The second kappa shape index (κ2) is 9.37. The van der Waals surface area contributed by atoms with Crippen LogP contribution in [0, 0.1) is 5.92 Å². The number of carbonyl (C=O) groups excluding carboxylic acids is 3. The third-order valence-corrected chi connectivity index (χ3v) is 6.18. The first-order valence-corrected chi connectivity index (χ1v) is 10.5. The van der Waals surface area contributed by atoms with Crippen LogP contribution in [0.4, 0.5) is 4.79 Å². The quantitative estimate of drug-likeness (QED) is 0.715. The Kier molecular flexibility index (Phi) is 6.90. The summed E-state index contributed by atoms with van der Waals surface area (Å²) in [4.78, 5) is 41.9. The third-order valence-electron chi connectivity index (χ3n) is 5.32. The molecule has 3 rings (SSSR count). The van der Waals surface area contributed by atoms with Gasteiger partial charge in [0, 0.05) is 13.1 Å². The number of amides is 3. The van der Waals surface area contributed by atoms with E-state index in [4.69, 9.17) is 0 Å². The predicted octanol–water partition coefficient (Wildman–Crippen LogP) is 2.09. The minimum Gasteiger partial charge on any atom is -0.341 e. The van der Waals surface area contributed by atoms with E-state index in [1.165, 1.54) is 5.56 Å². The molecule has 3 amide bonds. The summed E-state index contributed by atoms with van der Waals surface area (Å²) < 4.78 is 0. The topological polar surface area (TPSA) is 60.9 Å². The van der Waals surface area contributed by atoms with Gasteiger partial charge in [-0.25, -0.2) is 0 Å². The first kappa shape index (κ1) is 19.9. The molecule has 7 heteroatoms. The number of carbonyl (C=O) groups is 3. The zero-order valence-electron chi connectivity index (χ0n) is 15.8. The van der Waals surface area contributed by atoms with Gasteiger partial charge in [0.1, 0.15) is 6.54 Å². The SMILES string of the molecule is CN1CCC(CN(CCc2ccccc2)C(=O)CN2C(=O)CSC2=O)CC1. The summed E-state index contributed by atoms with van der Waals surface area (Å²) in [6, 6.07) is 10.1. The summed E-state index contributed by atoms with van der Waals surface area (Å²) in [5.41, 5.74) is 1.18. The fraction of sp³-hybridized carbons (Fsp3) is 0.550. The minimum absolute atomic E-state index is 0.131. The highest BCUT2D eigenvalue weighted by Gasteiger charge is 2.33. The van der Waals surface area contributed by atoms with Crippen LogP contribution >= 0.6 is 11.8 Å². The van der Waals surface area contributed by atoms with Crippen LogP contribution in [0.3, 0.4) is 0 Å². The van der Waals surface area contributed by atoms with E-state index in [2.05, 4.69) is 24.1 Å². The Hall–Kier alpha value is -1.86. The van der Waals surface area contributed by atoms with Crippen molar-refractivity contribution in [1.29, 1.82) is 0 Å². The van der Waals surface area contributed by atoms with E-state index >= 15 is 0 Å². The highest BCUT2D eigenvalue weighted by Crippen LogP contribution is 2.20. The molecule has 0 N–H and O–H groups in total. The molecule has 0 spiro atoms. The van der Waals surface area contributed by atoms with Crippen molar-refractivity contribution in [2.45, 2.75) is 19.3 Å². The molecule has 2 aliphatic rings. The Bertz CT molecular complexity index is 658. The van der Waals surface area contributed by atoms with Gasteiger partial charge in [-0.15, -0.1) is 0 Å². The molecule has 0 saturated carbocycles.